The fraction of sp³-hybridized carbons (Fsp3) is 0.0588. The molecule has 23 heavy (non-hydrogen) atoms. The molecule has 0 aliphatic carbocycles. The van der Waals surface area contributed by atoms with Crippen molar-refractivity contribution in [3.8, 4) is 0 Å². The molecule has 0 spiro atoms. The van der Waals surface area contributed by atoms with E-state index in [0.29, 0.717) is 11.4 Å². The maximum absolute atomic E-state index is 11.3. The van der Waals surface area contributed by atoms with Gasteiger partial charge in [-0.1, -0.05) is 42.5 Å². The fourth-order valence-corrected chi connectivity index (χ4v) is 2.26. The van der Waals surface area contributed by atoms with Crippen LogP contribution in [-0.4, -0.2) is 15.1 Å². The molecular formula is C17H14Br2N2NiO. The normalized spacial score (nSPS) is 10.7. The summed E-state index contributed by atoms with van der Waals surface area (Å²) in [7, 11) is 1.25. The molecule has 0 aliphatic heterocycles. The standard InChI is InChI=1S/C17H14N2O.2BrH.Ni/c20-17(14-8-2-1-3-9-14,15-10-4-6-12-18-15)16-11-5-7-13-19-16;;;/h1-13,20H;2*1H;/q;;;+2/p-2. The van der Waals surface area contributed by atoms with E-state index in [2.05, 4.69) is 38.4 Å². The minimum absolute atomic E-state index is 0.560. The number of nitrogens with zero attached hydrogens (tertiary/aromatic N) is 2. The van der Waals surface area contributed by atoms with Crippen LogP contribution in [0.25, 0.3) is 0 Å². The number of benzene rings is 1. The van der Waals surface area contributed by atoms with Crippen LogP contribution in [0.3, 0.4) is 0 Å². The molecule has 3 aromatic rings. The Morgan fingerprint density at radius 2 is 1.17 bits per heavy atom. The van der Waals surface area contributed by atoms with E-state index in [9.17, 15) is 5.11 Å². The summed E-state index contributed by atoms with van der Waals surface area (Å²) in [6.45, 7) is 0. The van der Waals surface area contributed by atoms with Gasteiger partial charge in [-0.25, -0.2) is 0 Å². The maximum atomic E-state index is 11.3. The zero-order valence-electron chi connectivity index (χ0n) is 11.9. The van der Waals surface area contributed by atoms with Gasteiger partial charge in [-0.05, 0) is 29.8 Å². The molecule has 2 heterocycles. The summed E-state index contributed by atoms with van der Waals surface area (Å²) in [6.07, 6.45) is 3.35. The van der Waals surface area contributed by atoms with E-state index in [1.54, 1.807) is 12.4 Å². The Morgan fingerprint density at radius 3 is 1.57 bits per heavy atom. The summed E-state index contributed by atoms with van der Waals surface area (Å²) in [5, 5.41) is 11.3. The molecule has 3 rings (SSSR count). The Balaban J connectivity index is 0.000000595. The Labute approximate surface area is 155 Å². The first kappa shape index (κ1) is 18.3. The van der Waals surface area contributed by atoms with Crippen molar-refractivity contribution >= 4 is 28.5 Å². The molecule has 0 unspecified atom stereocenters. The zero-order valence-corrected chi connectivity index (χ0v) is 16.1. The third-order valence-electron chi connectivity index (χ3n) is 3.26. The van der Waals surface area contributed by atoms with Crippen LogP contribution >= 0.6 is 28.5 Å². The quantitative estimate of drug-likeness (QED) is 0.564. The second kappa shape index (κ2) is 9.28. The van der Waals surface area contributed by atoms with Crippen LogP contribution in [0.15, 0.2) is 79.1 Å². The van der Waals surface area contributed by atoms with Crippen LogP contribution in [0.2, 0.25) is 0 Å². The molecule has 1 N–H and O–H groups in total. The van der Waals surface area contributed by atoms with Gasteiger partial charge in [0.1, 0.15) is 0 Å². The summed E-state index contributed by atoms with van der Waals surface area (Å²) in [5.74, 6) is 0. The monoisotopic (exact) mass is 478 g/mol. The number of aliphatic hydroxyl groups is 1. The van der Waals surface area contributed by atoms with Gasteiger partial charge in [0, 0.05) is 12.4 Å². The Kier molecular flexibility index (Phi) is 7.38. The number of pyridine rings is 2. The van der Waals surface area contributed by atoms with Crippen LogP contribution in [0, 0.1) is 0 Å². The van der Waals surface area contributed by atoms with Gasteiger partial charge in [-0.15, -0.1) is 0 Å². The van der Waals surface area contributed by atoms with Crippen LogP contribution < -0.4 is 0 Å². The van der Waals surface area contributed by atoms with Gasteiger partial charge in [0.2, 0.25) is 0 Å². The summed E-state index contributed by atoms with van der Waals surface area (Å²) in [5.41, 5.74) is 0.524. The van der Waals surface area contributed by atoms with Crippen LogP contribution in [0.5, 0.6) is 0 Å². The number of hydrogen-bond donors (Lipinski definition) is 1. The summed E-state index contributed by atoms with van der Waals surface area (Å²) in [4.78, 5) is 8.63. The first-order valence-electron chi connectivity index (χ1n) is 6.66. The zero-order chi connectivity index (χ0) is 16.5. The van der Waals surface area contributed by atoms with E-state index in [1.165, 1.54) is 10.9 Å². The first-order chi connectivity index (χ1) is 11.2. The average Bonchev–Trinajstić information content (AvgIpc) is 2.64. The molecule has 1 aromatic carbocycles. The number of rotatable bonds is 3. The van der Waals surface area contributed by atoms with Gasteiger partial charge >= 0.3 is 39.3 Å². The molecule has 0 saturated carbocycles. The predicted molar refractivity (Wildman–Crippen MR) is 94.9 cm³/mol. The van der Waals surface area contributed by atoms with Crippen LogP contribution in [0.4, 0.5) is 0 Å². The minimum atomic E-state index is -1.34. The third-order valence-corrected chi connectivity index (χ3v) is 3.26. The van der Waals surface area contributed by atoms with Crippen LogP contribution in [-0.2, 0) is 16.5 Å². The van der Waals surface area contributed by atoms with Gasteiger partial charge in [0.25, 0.3) is 0 Å². The Morgan fingerprint density at radius 1 is 0.739 bits per heavy atom. The van der Waals surface area contributed by atoms with Gasteiger partial charge in [0.05, 0.1) is 11.4 Å². The van der Waals surface area contributed by atoms with Crippen molar-refractivity contribution in [3.63, 3.8) is 0 Å². The molecule has 2 aromatic heterocycles. The van der Waals surface area contributed by atoms with Crippen molar-refractivity contribution in [2.75, 3.05) is 0 Å². The van der Waals surface area contributed by atoms with Gasteiger partial charge < -0.3 is 5.11 Å². The Hall–Kier alpha value is -1.07. The fourth-order valence-electron chi connectivity index (χ4n) is 2.26. The van der Waals surface area contributed by atoms with Gasteiger partial charge in [-0.3, -0.25) is 9.97 Å². The Bertz CT molecular complexity index is 603. The number of hydrogen-bond acceptors (Lipinski definition) is 3. The molecule has 0 aliphatic rings. The summed E-state index contributed by atoms with van der Waals surface area (Å²) in [6, 6.07) is 20.5. The molecule has 0 radical (unpaired) electrons. The molecule has 0 bridgehead atoms. The molecule has 6 heteroatoms. The molecule has 0 atom stereocenters. The van der Waals surface area contributed by atoms with E-state index in [0.717, 1.165) is 5.56 Å². The van der Waals surface area contributed by atoms with Crippen molar-refractivity contribution in [1.82, 2.24) is 9.97 Å². The number of halogens is 2. The average molecular weight is 481 g/mol. The molecule has 122 valence electrons. The van der Waals surface area contributed by atoms with Crippen molar-refractivity contribution in [1.29, 1.82) is 0 Å². The second-order valence-electron chi connectivity index (χ2n) is 4.55. The van der Waals surface area contributed by atoms with Crippen LogP contribution in [0.1, 0.15) is 17.0 Å². The predicted octanol–water partition coefficient (Wildman–Crippen LogP) is 4.45. The molecule has 0 saturated heterocycles. The topological polar surface area (TPSA) is 46.0 Å². The molecular weight excluding hydrogens is 467 g/mol. The van der Waals surface area contributed by atoms with E-state index in [4.69, 9.17) is 0 Å². The SMILES string of the molecule is OC(c1ccccc1)(c1ccccn1)c1ccccn1.[Br][Ni][Br]. The summed E-state index contributed by atoms with van der Waals surface area (Å²) >= 11 is 6.00. The van der Waals surface area contributed by atoms with Crippen molar-refractivity contribution < 1.29 is 16.0 Å². The van der Waals surface area contributed by atoms with Crippen molar-refractivity contribution in [2.45, 2.75) is 5.60 Å². The first-order valence-corrected chi connectivity index (χ1v) is 11.5. The van der Waals surface area contributed by atoms with Gasteiger partial charge in [-0.2, -0.15) is 0 Å². The molecule has 0 amide bonds. The van der Waals surface area contributed by atoms with E-state index in [-0.39, 0.29) is 0 Å². The van der Waals surface area contributed by atoms with E-state index in [1.807, 2.05) is 66.7 Å². The molecule has 3 nitrogen and oxygen atoms in total. The van der Waals surface area contributed by atoms with E-state index >= 15 is 0 Å². The van der Waals surface area contributed by atoms with Crippen molar-refractivity contribution in [3.05, 3.63) is 96.1 Å². The summed E-state index contributed by atoms with van der Waals surface area (Å²) < 4.78 is 0. The number of aromatic nitrogens is 2. The van der Waals surface area contributed by atoms with Crippen molar-refractivity contribution in [2.24, 2.45) is 0 Å². The van der Waals surface area contributed by atoms with E-state index < -0.39 is 5.60 Å². The van der Waals surface area contributed by atoms with Gasteiger partial charge in [0.15, 0.2) is 5.60 Å². The molecule has 0 fully saturated rings. The third kappa shape index (κ3) is 4.48. The second-order valence-corrected chi connectivity index (χ2v) is 9.54.